The fourth-order valence-corrected chi connectivity index (χ4v) is 2.15. The van der Waals surface area contributed by atoms with Crippen LogP contribution < -0.4 is 16.8 Å². The third-order valence-corrected chi connectivity index (χ3v) is 3.21. The maximum atomic E-state index is 6.14. The molecule has 0 saturated heterocycles. The van der Waals surface area contributed by atoms with Crippen molar-refractivity contribution in [2.45, 2.75) is 32.1 Å². The molecule has 0 amide bonds. The molecule has 1 aliphatic carbocycles. The largest absolute Gasteiger partial charge is 0.312 e. The molecule has 18 heavy (non-hydrogen) atoms. The maximum Gasteiger partial charge on any atom is 0.0824 e. The molecule has 0 heterocycles. The van der Waals surface area contributed by atoms with Gasteiger partial charge in [-0.25, -0.2) is 0 Å². The van der Waals surface area contributed by atoms with Gasteiger partial charge in [-0.05, 0) is 30.9 Å². The zero-order valence-corrected chi connectivity index (χ0v) is 10.8. The van der Waals surface area contributed by atoms with Crippen molar-refractivity contribution in [1.29, 1.82) is 0 Å². The van der Waals surface area contributed by atoms with Crippen molar-refractivity contribution < 1.29 is 0 Å². The molecule has 0 aromatic heterocycles. The molecular weight excluding hydrogens is 222 g/mol. The Morgan fingerprint density at radius 2 is 1.83 bits per heavy atom. The second-order valence-electron chi connectivity index (χ2n) is 4.77. The van der Waals surface area contributed by atoms with Crippen molar-refractivity contribution in [1.82, 2.24) is 5.32 Å². The molecule has 2 rings (SSSR count). The third kappa shape index (κ3) is 3.29. The SMILES string of the molecule is CC1=CC(C(N)NC(N)c2ccccc2)=CCC1. The van der Waals surface area contributed by atoms with Crippen LogP contribution in [0.3, 0.4) is 0 Å². The van der Waals surface area contributed by atoms with Crippen LogP contribution in [0.4, 0.5) is 0 Å². The van der Waals surface area contributed by atoms with Crippen LogP contribution in [0.15, 0.2) is 53.6 Å². The molecule has 3 nitrogen and oxygen atoms in total. The van der Waals surface area contributed by atoms with E-state index in [-0.39, 0.29) is 12.3 Å². The van der Waals surface area contributed by atoms with Crippen molar-refractivity contribution in [2.24, 2.45) is 11.5 Å². The summed E-state index contributed by atoms with van der Waals surface area (Å²) in [6.07, 6.45) is 6.07. The standard InChI is InChI=1S/C15H21N3/c1-11-6-5-9-13(10-11)15(17)18-14(16)12-7-3-2-4-8-12/h2-4,7-10,14-15,18H,5-6,16-17H2,1H3. The first kappa shape index (κ1) is 13.0. The average Bonchev–Trinajstić information content (AvgIpc) is 2.39. The van der Waals surface area contributed by atoms with E-state index in [9.17, 15) is 0 Å². The fourth-order valence-electron chi connectivity index (χ4n) is 2.15. The normalized spacial score (nSPS) is 18.8. The highest BCUT2D eigenvalue weighted by molar-refractivity contribution is 5.31. The first-order valence-corrected chi connectivity index (χ1v) is 6.36. The quantitative estimate of drug-likeness (QED) is 0.710. The summed E-state index contributed by atoms with van der Waals surface area (Å²) in [5, 5.41) is 3.23. The monoisotopic (exact) mass is 243 g/mol. The molecule has 0 bridgehead atoms. The van der Waals surface area contributed by atoms with Gasteiger partial charge in [0.15, 0.2) is 0 Å². The molecular formula is C15H21N3. The lowest BCUT2D eigenvalue weighted by molar-refractivity contribution is 0.493. The lowest BCUT2D eigenvalue weighted by Gasteiger charge is -2.23. The first-order chi connectivity index (χ1) is 8.66. The van der Waals surface area contributed by atoms with Crippen LogP contribution in [0, 0.1) is 0 Å². The van der Waals surface area contributed by atoms with Crippen LogP contribution in [0.25, 0.3) is 0 Å². The molecule has 1 aromatic rings. The number of rotatable bonds is 4. The smallest absolute Gasteiger partial charge is 0.0824 e. The van der Waals surface area contributed by atoms with E-state index in [0.717, 1.165) is 24.0 Å². The number of benzene rings is 1. The van der Waals surface area contributed by atoms with E-state index >= 15 is 0 Å². The Bertz CT molecular complexity index is 448. The predicted octanol–water partition coefficient (Wildman–Crippen LogP) is 2.18. The van der Waals surface area contributed by atoms with Crippen molar-refractivity contribution in [3.05, 3.63) is 59.2 Å². The molecule has 0 saturated carbocycles. The van der Waals surface area contributed by atoms with Gasteiger partial charge in [0.2, 0.25) is 0 Å². The minimum atomic E-state index is -0.238. The zero-order valence-electron chi connectivity index (χ0n) is 10.8. The van der Waals surface area contributed by atoms with E-state index in [1.54, 1.807) is 0 Å². The summed E-state index contributed by atoms with van der Waals surface area (Å²) < 4.78 is 0. The Hall–Kier alpha value is -1.42. The summed E-state index contributed by atoms with van der Waals surface area (Å²) in [7, 11) is 0. The molecule has 1 aromatic carbocycles. The zero-order chi connectivity index (χ0) is 13.0. The minimum absolute atomic E-state index is 0.213. The van der Waals surface area contributed by atoms with E-state index in [1.165, 1.54) is 5.57 Å². The summed E-state index contributed by atoms with van der Waals surface area (Å²) in [5.74, 6) is 0. The number of hydrogen-bond donors (Lipinski definition) is 3. The van der Waals surface area contributed by atoms with Crippen LogP contribution in [-0.2, 0) is 0 Å². The van der Waals surface area contributed by atoms with Gasteiger partial charge in [0.1, 0.15) is 0 Å². The average molecular weight is 243 g/mol. The number of allylic oxidation sites excluding steroid dienone is 2. The lowest BCUT2D eigenvalue weighted by atomic mass is 9.99. The van der Waals surface area contributed by atoms with Gasteiger partial charge in [0.05, 0.1) is 12.3 Å². The lowest BCUT2D eigenvalue weighted by Crippen LogP contribution is -2.44. The Labute approximate surface area is 109 Å². The van der Waals surface area contributed by atoms with E-state index in [0.29, 0.717) is 0 Å². The summed E-state index contributed by atoms with van der Waals surface area (Å²) in [6, 6.07) is 9.94. The Morgan fingerprint density at radius 3 is 2.50 bits per heavy atom. The molecule has 0 fully saturated rings. The van der Waals surface area contributed by atoms with Crippen LogP contribution in [0.1, 0.15) is 31.5 Å². The predicted molar refractivity (Wildman–Crippen MR) is 75.6 cm³/mol. The molecule has 3 heteroatoms. The van der Waals surface area contributed by atoms with Gasteiger partial charge < -0.3 is 11.5 Å². The van der Waals surface area contributed by atoms with E-state index in [1.807, 2.05) is 30.3 Å². The first-order valence-electron chi connectivity index (χ1n) is 6.36. The van der Waals surface area contributed by atoms with Crippen LogP contribution in [0.2, 0.25) is 0 Å². The topological polar surface area (TPSA) is 64.1 Å². The molecule has 2 unspecified atom stereocenters. The second-order valence-corrected chi connectivity index (χ2v) is 4.77. The summed E-state index contributed by atoms with van der Waals surface area (Å²) in [6.45, 7) is 2.14. The maximum absolute atomic E-state index is 6.14. The van der Waals surface area contributed by atoms with E-state index < -0.39 is 0 Å². The van der Waals surface area contributed by atoms with E-state index in [4.69, 9.17) is 11.5 Å². The highest BCUT2D eigenvalue weighted by Crippen LogP contribution is 2.18. The van der Waals surface area contributed by atoms with Crippen molar-refractivity contribution in [2.75, 3.05) is 0 Å². The van der Waals surface area contributed by atoms with Gasteiger partial charge in [-0.1, -0.05) is 48.1 Å². The van der Waals surface area contributed by atoms with Gasteiger partial charge in [-0.2, -0.15) is 0 Å². The van der Waals surface area contributed by atoms with Crippen LogP contribution >= 0.6 is 0 Å². The van der Waals surface area contributed by atoms with Gasteiger partial charge >= 0.3 is 0 Å². The summed E-state index contributed by atoms with van der Waals surface area (Å²) in [5.41, 5.74) is 15.8. The Morgan fingerprint density at radius 1 is 1.11 bits per heavy atom. The Balaban J connectivity index is 1.99. The summed E-state index contributed by atoms with van der Waals surface area (Å²) >= 11 is 0. The molecule has 96 valence electrons. The van der Waals surface area contributed by atoms with Crippen molar-refractivity contribution in [3.63, 3.8) is 0 Å². The molecule has 1 aliphatic rings. The molecule has 0 radical (unpaired) electrons. The number of hydrogen-bond acceptors (Lipinski definition) is 3. The molecule has 0 aliphatic heterocycles. The van der Waals surface area contributed by atoms with Gasteiger partial charge in [-0.3, -0.25) is 5.32 Å². The van der Waals surface area contributed by atoms with Gasteiger partial charge in [0.25, 0.3) is 0 Å². The minimum Gasteiger partial charge on any atom is -0.312 e. The highest BCUT2D eigenvalue weighted by atomic mass is 15.1. The molecule has 5 N–H and O–H groups in total. The van der Waals surface area contributed by atoms with Crippen molar-refractivity contribution in [3.8, 4) is 0 Å². The molecule has 0 spiro atoms. The highest BCUT2D eigenvalue weighted by Gasteiger charge is 2.14. The van der Waals surface area contributed by atoms with Crippen LogP contribution in [-0.4, -0.2) is 6.17 Å². The Kier molecular flexibility index (Phi) is 4.31. The second kappa shape index (κ2) is 5.96. The summed E-state index contributed by atoms with van der Waals surface area (Å²) in [4.78, 5) is 0. The van der Waals surface area contributed by atoms with Crippen LogP contribution in [0.5, 0.6) is 0 Å². The van der Waals surface area contributed by atoms with Gasteiger partial charge in [-0.15, -0.1) is 0 Å². The van der Waals surface area contributed by atoms with Crippen molar-refractivity contribution >= 4 is 0 Å². The fraction of sp³-hybridized carbons (Fsp3) is 0.333. The number of nitrogens with two attached hydrogens (primary N) is 2. The van der Waals surface area contributed by atoms with Gasteiger partial charge in [0, 0.05) is 0 Å². The van der Waals surface area contributed by atoms with E-state index in [2.05, 4.69) is 24.4 Å². The third-order valence-electron chi connectivity index (χ3n) is 3.21. The number of nitrogens with one attached hydrogen (secondary N) is 1. The molecule has 2 atom stereocenters.